The molecule has 0 fully saturated rings. The van der Waals surface area contributed by atoms with Gasteiger partial charge < -0.3 is 4.98 Å². The molecule has 2 aromatic heterocycles. The SMILES string of the molecule is Cc1n[nH]c(C)c1C(=O)c1ccc(S(=O)(=O)Cl)[nH]1. The monoisotopic (exact) mass is 287 g/mol. The van der Waals surface area contributed by atoms with Crippen molar-refractivity contribution in [1.29, 1.82) is 0 Å². The number of aromatic nitrogens is 3. The van der Waals surface area contributed by atoms with Gasteiger partial charge in [0.2, 0.25) is 5.78 Å². The normalized spacial score (nSPS) is 11.7. The van der Waals surface area contributed by atoms with Crippen LogP contribution in [0, 0.1) is 13.8 Å². The summed E-state index contributed by atoms with van der Waals surface area (Å²) in [4.78, 5) is 14.6. The summed E-state index contributed by atoms with van der Waals surface area (Å²) in [5.74, 6) is -0.328. The topological polar surface area (TPSA) is 95.7 Å². The van der Waals surface area contributed by atoms with Gasteiger partial charge in [-0.05, 0) is 26.0 Å². The molecule has 2 heterocycles. The van der Waals surface area contributed by atoms with Crippen LogP contribution in [0.25, 0.3) is 0 Å². The Morgan fingerprint density at radius 2 is 2.00 bits per heavy atom. The maximum atomic E-state index is 12.2. The van der Waals surface area contributed by atoms with E-state index in [1.54, 1.807) is 13.8 Å². The highest BCUT2D eigenvalue weighted by Crippen LogP contribution is 2.18. The molecular weight excluding hydrogens is 278 g/mol. The summed E-state index contributed by atoms with van der Waals surface area (Å²) in [5.41, 5.74) is 1.77. The van der Waals surface area contributed by atoms with E-state index in [-0.39, 0.29) is 16.5 Å². The first-order valence-corrected chi connectivity index (χ1v) is 7.31. The van der Waals surface area contributed by atoms with E-state index >= 15 is 0 Å². The molecule has 2 N–H and O–H groups in total. The zero-order valence-electron chi connectivity index (χ0n) is 9.61. The first-order chi connectivity index (χ1) is 8.30. The average molecular weight is 288 g/mol. The van der Waals surface area contributed by atoms with E-state index in [9.17, 15) is 13.2 Å². The van der Waals surface area contributed by atoms with Gasteiger partial charge in [0.1, 0.15) is 5.03 Å². The van der Waals surface area contributed by atoms with E-state index in [4.69, 9.17) is 10.7 Å². The minimum atomic E-state index is -3.86. The minimum absolute atomic E-state index is 0.154. The third-order valence-electron chi connectivity index (χ3n) is 2.52. The second-order valence-corrected chi connectivity index (χ2v) is 6.35. The first kappa shape index (κ1) is 12.8. The van der Waals surface area contributed by atoms with Crippen LogP contribution in [0.15, 0.2) is 17.2 Å². The lowest BCUT2D eigenvalue weighted by Gasteiger charge is -1.98. The molecule has 0 spiro atoms. The summed E-state index contributed by atoms with van der Waals surface area (Å²) in [7, 11) is 1.31. The van der Waals surface area contributed by atoms with Crippen molar-refractivity contribution < 1.29 is 13.2 Å². The molecule has 6 nitrogen and oxygen atoms in total. The van der Waals surface area contributed by atoms with Gasteiger partial charge in [-0.3, -0.25) is 9.89 Å². The highest BCUT2D eigenvalue weighted by Gasteiger charge is 2.20. The number of halogens is 1. The van der Waals surface area contributed by atoms with Crippen LogP contribution in [-0.4, -0.2) is 29.4 Å². The van der Waals surface area contributed by atoms with Gasteiger partial charge in [-0.15, -0.1) is 0 Å². The zero-order valence-corrected chi connectivity index (χ0v) is 11.2. The van der Waals surface area contributed by atoms with Crippen LogP contribution in [0.1, 0.15) is 27.4 Å². The van der Waals surface area contributed by atoms with Crippen LogP contribution in [0.5, 0.6) is 0 Å². The van der Waals surface area contributed by atoms with E-state index in [0.717, 1.165) is 0 Å². The Labute approximate surface area is 108 Å². The Morgan fingerprint density at radius 3 is 2.44 bits per heavy atom. The molecule has 0 aliphatic rings. The Bertz CT molecular complexity index is 695. The number of H-pyrrole nitrogens is 2. The summed E-state index contributed by atoms with van der Waals surface area (Å²) in [6.07, 6.45) is 0. The molecule has 0 amide bonds. The maximum absolute atomic E-state index is 12.2. The van der Waals surface area contributed by atoms with Gasteiger partial charge in [-0.25, -0.2) is 8.42 Å². The predicted octanol–water partition coefficient (Wildman–Crippen LogP) is 1.51. The number of nitrogens with zero attached hydrogens (tertiary/aromatic N) is 1. The Kier molecular flexibility index (Phi) is 3.04. The summed E-state index contributed by atoms with van der Waals surface area (Å²) >= 11 is 0. The van der Waals surface area contributed by atoms with Crippen molar-refractivity contribution in [2.75, 3.05) is 0 Å². The number of ketones is 1. The lowest BCUT2D eigenvalue weighted by Crippen LogP contribution is -2.05. The molecule has 0 atom stereocenters. The molecule has 0 saturated carbocycles. The van der Waals surface area contributed by atoms with E-state index in [2.05, 4.69) is 15.2 Å². The minimum Gasteiger partial charge on any atom is -0.342 e. The van der Waals surface area contributed by atoms with Crippen molar-refractivity contribution in [1.82, 2.24) is 15.2 Å². The van der Waals surface area contributed by atoms with Crippen LogP contribution in [-0.2, 0) is 9.05 Å². The number of aryl methyl sites for hydroxylation is 2. The van der Waals surface area contributed by atoms with Gasteiger partial charge in [-0.2, -0.15) is 5.10 Å². The largest absolute Gasteiger partial charge is 0.342 e. The second-order valence-electron chi connectivity index (χ2n) is 3.81. The Balaban J connectivity index is 2.45. The van der Waals surface area contributed by atoms with Gasteiger partial charge in [0, 0.05) is 16.4 Å². The molecule has 8 heteroatoms. The fourth-order valence-electron chi connectivity index (χ4n) is 1.67. The summed E-state index contributed by atoms with van der Waals surface area (Å²) in [5, 5.41) is 6.41. The molecular formula is C10H10ClN3O3S. The number of carbonyl (C=O) groups is 1. The van der Waals surface area contributed by atoms with Crippen LogP contribution >= 0.6 is 10.7 Å². The maximum Gasteiger partial charge on any atom is 0.276 e. The highest BCUT2D eigenvalue weighted by atomic mass is 35.7. The third kappa shape index (κ3) is 2.19. The number of hydrogen-bond acceptors (Lipinski definition) is 4. The fourth-order valence-corrected chi connectivity index (χ4v) is 2.40. The zero-order chi connectivity index (χ0) is 13.5. The molecule has 18 heavy (non-hydrogen) atoms. The van der Waals surface area contributed by atoms with Crippen molar-refractivity contribution >= 4 is 25.5 Å². The number of hydrogen-bond donors (Lipinski definition) is 2. The molecule has 0 aliphatic carbocycles. The van der Waals surface area contributed by atoms with Gasteiger partial charge in [0.25, 0.3) is 9.05 Å². The predicted molar refractivity (Wildman–Crippen MR) is 65.3 cm³/mol. The number of rotatable bonds is 3. The third-order valence-corrected chi connectivity index (χ3v) is 3.78. The van der Waals surface area contributed by atoms with Crippen molar-refractivity contribution in [3.63, 3.8) is 0 Å². The summed E-state index contributed by atoms with van der Waals surface area (Å²) in [6.45, 7) is 3.41. The van der Waals surface area contributed by atoms with E-state index in [0.29, 0.717) is 17.0 Å². The molecule has 0 saturated heterocycles. The number of nitrogens with one attached hydrogen (secondary N) is 2. The quantitative estimate of drug-likeness (QED) is 0.661. The van der Waals surface area contributed by atoms with Crippen molar-refractivity contribution in [3.05, 3.63) is 34.8 Å². The second kappa shape index (κ2) is 4.25. The molecule has 2 rings (SSSR count). The fraction of sp³-hybridized carbons (Fsp3) is 0.200. The lowest BCUT2D eigenvalue weighted by molar-refractivity contribution is 0.103. The standard InChI is InChI=1S/C10H10ClN3O3S/c1-5-9(6(2)14-13-5)10(15)7-3-4-8(12-7)18(11,16)17/h3-4,12H,1-2H3,(H,13,14). The molecule has 0 unspecified atom stereocenters. The van der Waals surface area contributed by atoms with Crippen LogP contribution in [0.2, 0.25) is 0 Å². The molecule has 0 aliphatic heterocycles. The van der Waals surface area contributed by atoms with E-state index in [1.165, 1.54) is 12.1 Å². The molecule has 0 bridgehead atoms. The van der Waals surface area contributed by atoms with Gasteiger partial charge in [0.05, 0.1) is 17.0 Å². The first-order valence-electron chi connectivity index (χ1n) is 5.00. The van der Waals surface area contributed by atoms with Gasteiger partial charge >= 0.3 is 0 Å². The van der Waals surface area contributed by atoms with Crippen molar-refractivity contribution in [2.45, 2.75) is 18.9 Å². The average Bonchev–Trinajstić information content (AvgIpc) is 2.84. The van der Waals surface area contributed by atoms with Crippen molar-refractivity contribution in [2.24, 2.45) is 0 Å². The Hall–Kier alpha value is -1.60. The summed E-state index contributed by atoms with van der Waals surface area (Å²) < 4.78 is 22.2. The van der Waals surface area contributed by atoms with Gasteiger partial charge in [-0.1, -0.05) is 0 Å². The smallest absolute Gasteiger partial charge is 0.276 e. The van der Waals surface area contributed by atoms with Gasteiger partial charge in [0.15, 0.2) is 0 Å². The summed E-state index contributed by atoms with van der Waals surface area (Å²) in [6, 6.07) is 2.63. The molecule has 96 valence electrons. The molecule has 0 aromatic carbocycles. The van der Waals surface area contributed by atoms with Crippen LogP contribution < -0.4 is 0 Å². The van der Waals surface area contributed by atoms with Crippen molar-refractivity contribution in [3.8, 4) is 0 Å². The highest BCUT2D eigenvalue weighted by molar-refractivity contribution is 8.13. The van der Waals surface area contributed by atoms with Crippen LogP contribution in [0.4, 0.5) is 0 Å². The van der Waals surface area contributed by atoms with E-state index < -0.39 is 9.05 Å². The van der Waals surface area contributed by atoms with Crippen LogP contribution in [0.3, 0.4) is 0 Å². The van der Waals surface area contributed by atoms with E-state index in [1.807, 2.05) is 0 Å². The lowest BCUT2D eigenvalue weighted by atomic mass is 10.1. The molecule has 2 aromatic rings. The Morgan fingerprint density at radius 1 is 1.33 bits per heavy atom. The molecule has 0 radical (unpaired) electrons. The number of aromatic amines is 2. The number of carbonyl (C=O) groups excluding carboxylic acids is 1.